The molecule has 0 radical (unpaired) electrons. The standard InChI is InChI=1S/C13H26N2O2/c1-3-14-13(2,12(16)17)8-4-5-9-15-10-6-7-11-15/h14H,3-11H2,1-2H3,(H,16,17). The summed E-state index contributed by atoms with van der Waals surface area (Å²) in [6, 6.07) is 0. The number of aliphatic carboxylic acids is 1. The van der Waals surface area contributed by atoms with Crippen LogP contribution in [0.2, 0.25) is 0 Å². The lowest BCUT2D eigenvalue weighted by Crippen LogP contribution is -2.49. The number of hydrogen-bond acceptors (Lipinski definition) is 3. The van der Waals surface area contributed by atoms with Gasteiger partial charge >= 0.3 is 5.97 Å². The number of unbranched alkanes of at least 4 members (excludes halogenated alkanes) is 1. The molecule has 0 spiro atoms. The van der Waals surface area contributed by atoms with Gasteiger partial charge in [0.15, 0.2) is 0 Å². The van der Waals surface area contributed by atoms with Crippen LogP contribution in [0, 0.1) is 0 Å². The Morgan fingerprint density at radius 2 is 2.00 bits per heavy atom. The summed E-state index contributed by atoms with van der Waals surface area (Å²) < 4.78 is 0. The molecule has 1 rings (SSSR count). The van der Waals surface area contributed by atoms with Crippen molar-refractivity contribution in [1.82, 2.24) is 10.2 Å². The third-order valence-corrected chi connectivity index (χ3v) is 3.64. The average Bonchev–Trinajstić information content (AvgIpc) is 2.77. The molecule has 0 aromatic heterocycles. The molecule has 100 valence electrons. The third-order valence-electron chi connectivity index (χ3n) is 3.64. The number of nitrogens with zero attached hydrogens (tertiary/aromatic N) is 1. The van der Waals surface area contributed by atoms with Crippen molar-refractivity contribution >= 4 is 5.97 Å². The first kappa shape index (κ1) is 14.5. The Balaban J connectivity index is 2.20. The Labute approximate surface area is 104 Å². The van der Waals surface area contributed by atoms with Crippen molar-refractivity contribution in [3.63, 3.8) is 0 Å². The topological polar surface area (TPSA) is 52.6 Å². The molecule has 0 saturated carbocycles. The maximum atomic E-state index is 11.2. The summed E-state index contributed by atoms with van der Waals surface area (Å²) in [4.78, 5) is 13.7. The van der Waals surface area contributed by atoms with Crippen molar-refractivity contribution in [2.24, 2.45) is 0 Å². The summed E-state index contributed by atoms with van der Waals surface area (Å²) >= 11 is 0. The molecule has 1 aliphatic rings. The van der Waals surface area contributed by atoms with Gasteiger partial charge in [0, 0.05) is 0 Å². The minimum Gasteiger partial charge on any atom is -0.480 e. The molecular weight excluding hydrogens is 216 g/mol. The molecule has 0 amide bonds. The Morgan fingerprint density at radius 3 is 2.53 bits per heavy atom. The molecule has 4 heteroatoms. The number of rotatable bonds is 8. The molecular formula is C13H26N2O2. The quantitative estimate of drug-likeness (QED) is 0.636. The molecule has 1 saturated heterocycles. The van der Waals surface area contributed by atoms with Gasteiger partial charge in [-0.25, -0.2) is 0 Å². The van der Waals surface area contributed by atoms with E-state index in [1.807, 2.05) is 6.92 Å². The van der Waals surface area contributed by atoms with E-state index in [-0.39, 0.29) is 0 Å². The van der Waals surface area contributed by atoms with Gasteiger partial charge < -0.3 is 15.3 Å². The van der Waals surface area contributed by atoms with E-state index >= 15 is 0 Å². The van der Waals surface area contributed by atoms with E-state index in [4.69, 9.17) is 0 Å². The summed E-state index contributed by atoms with van der Waals surface area (Å²) in [6.07, 6.45) is 5.44. The lowest BCUT2D eigenvalue weighted by molar-refractivity contribution is -0.144. The smallest absolute Gasteiger partial charge is 0.323 e. The highest BCUT2D eigenvalue weighted by Gasteiger charge is 2.31. The normalized spacial score (nSPS) is 20.4. The molecule has 1 atom stereocenters. The zero-order chi connectivity index (χ0) is 12.7. The second-order valence-corrected chi connectivity index (χ2v) is 5.17. The summed E-state index contributed by atoms with van der Waals surface area (Å²) in [7, 11) is 0. The van der Waals surface area contributed by atoms with Gasteiger partial charge in [-0.05, 0) is 65.2 Å². The Kier molecular flexibility index (Phi) is 5.92. The summed E-state index contributed by atoms with van der Waals surface area (Å²) in [5.74, 6) is -0.736. The summed E-state index contributed by atoms with van der Waals surface area (Å²) in [5.41, 5.74) is -0.750. The van der Waals surface area contributed by atoms with Crippen molar-refractivity contribution in [2.75, 3.05) is 26.2 Å². The average molecular weight is 242 g/mol. The van der Waals surface area contributed by atoms with Gasteiger partial charge in [0.25, 0.3) is 0 Å². The number of hydrogen-bond donors (Lipinski definition) is 2. The second-order valence-electron chi connectivity index (χ2n) is 5.17. The Hall–Kier alpha value is -0.610. The van der Waals surface area contributed by atoms with Crippen molar-refractivity contribution < 1.29 is 9.90 Å². The van der Waals surface area contributed by atoms with E-state index in [0.717, 1.165) is 19.4 Å². The van der Waals surface area contributed by atoms with Gasteiger partial charge in [-0.2, -0.15) is 0 Å². The van der Waals surface area contributed by atoms with E-state index in [0.29, 0.717) is 13.0 Å². The molecule has 1 unspecified atom stereocenters. The molecule has 4 nitrogen and oxygen atoms in total. The van der Waals surface area contributed by atoms with Gasteiger partial charge in [0.05, 0.1) is 0 Å². The first-order valence-electron chi connectivity index (χ1n) is 6.79. The van der Waals surface area contributed by atoms with Gasteiger partial charge in [0.1, 0.15) is 5.54 Å². The fourth-order valence-electron chi connectivity index (χ4n) is 2.48. The lowest BCUT2D eigenvalue weighted by Gasteiger charge is -2.26. The molecule has 0 bridgehead atoms. The van der Waals surface area contributed by atoms with Crippen molar-refractivity contribution in [3.8, 4) is 0 Å². The van der Waals surface area contributed by atoms with E-state index in [2.05, 4.69) is 10.2 Å². The van der Waals surface area contributed by atoms with Crippen LogP contribution in [-0.2, 0) is 4.79 Å². The van der Waals surface area contributed by atoms with Crippen LogP contribution in [0.25, 0.3) is 0 Å². The fourth-order valence-corrected chi connectivity index (χ4v) is 2.48. The van der Waals surface area contributed by atoms with Crippen LogP contribution in [0.5, 0.6) is 0 Å². The molecule has 0 aromatic rings. The van der Waals surface area contributed by atoms with Crippen LogP contribution >= 0.6 is 0 Å². The Bertz CT molecular complexity index is 240. The first-order valence-corrected chi connectivity index (χ1v) is 6.79. The van der Waals surface area contributed by atoms with Gasteiger partial charge in [-0.3, -0.25) is 4.79 Å². The SMILES string of the molecule is CCNC(C)(CCCCN1CCCC1)C(=O)O. The molecule has 17 heavy (non-hydrogen) atoms. The van der Waals surface area contributed by atoms with Crippen LogP contribution in [0.4, 0.5) is 0 Å². The van der Waals surface area contributed by atoms with Crippen LogP contribution in [0.3, 0.4) is 0 Å². The van der Waals surface area contributed by atoms with E-state index < -0.39 is 11.5 Å². The van der Waals surface area contributed by atoms with Gasteiger partial charge in [-0.15, -0.1) is 0 Å². The van der Waals surface area contributed by atoms with Crippen molar-refractivity contribution in [2.45, 2.75) is 51.5 Å². The van der Waals surface area contributed by atoms with Crippen molar-refractivity contribution in [1.29, 1.82) is 0 Å². The third kappa shape index (κ3) is 4.64. The zero-order valence-electron chi connectivity index (χ0n) is 11.2. The zero-order valence-corrected chi connectivity index (χ0v) is 11.2. The van der Waals surface area contributed by atoms with Crippen LogP contribution in [0.15, 0.2) is 0 Å². The lowest BCUT2D eigenvalue weighted by atomic mass is 9.95. The molecule has 0 aromatic carbocycles. The number of likely N-dealkylation sites (N-methyl/N-ethyl adjacent to an activating group) is 1. The number of carboxylic acid groups (broad SMARTS) is 1. The van der Waals surface area contributed by atoms with Crippen LogP contribution in [0.1, 0.15) is 46.0 Å². The molecule has 1 heterocycles. The highest BCUT2D eigenvalue weighted by molar-refractivity contribution is 5.78. The monoisotopic (exact) mass is 242 g/mol. The predicted octanol–water partition coefficient (Wildman–Crippen LogP) is 1.71. The molecule has 1 aliphatic heterocycles. The first-order chi connectivity index (χ1) is 8.08. The highest BCUT2D eigenvalue weighted by Crippen LogP contribution is 2.15. The maximum Gasteiger partial charge on any atom is 0.323 e. The number of likely N-dealkylation sites (tertiary alicyclic amines) is 1. The van der Waals surface area contributed by atoms with Crippen LogP contribution < -0.4 is 5.32 Å². The predicted molar refractivity (Wildman–Crippen MR) is 69.2 cm³/mol. The summed E-state index contributed by atoms with van der Waals surface area (Å²) in [6.45, 7) is 8.02. The molecule has 0 aliphatic carbocycles. The van der Waals surface area contributed by atoms with E-state index in [1.165, 1.54) is 25.9 Å². The summed E-state index contributed by atoms with van der Waals surface area (Å²) in [5, 5.41) is 12.3. The largest absolute Gasteiger partial charge is 0.480 e. The van der Waals surface area contributed by atoms with Crippen molar-refractivity contribution in [3.05, 3.63) is 0 Å². The minimum atomic E-state index is -0.750. The van der Waals surface area contributed by atoms with Gasteiger partial charge in [0.2, 0.25) is 0 Å². The second kappa shape index (κ2) is 6.97. The number of carboxylic acids is 1. The Morgan fingerprint density at radius 1 is 1.35 bits per heavy atom. The minimum absolute atomic E-state index is 0.703. The van der Waals surface area contributed by atoms with Gasteiger partial charge in [-0.1, -0.05) is 6.92 Å². The van der Waals surface area contributed by atoms with Crippen LogP contribution in [-0.4, -0.2) is 47.7 Å². The molecule has 1 fully saturated rings. The maximum absolute atomic E-state index is 11.2. The molecule has 2 N–H and O–H groups in total. The number of carbonyl (C=O) groups is 1. The van der Waals surface area contributed by atoms with E-state index in [1.54, 1.807) is 6.92 Å². The number of nitrogens with one attached hydrogen (secondary N) is 1. The highest BCUT2D eigenvalue weighted by atomic mass is 16.4. The van der Waals surface area contributed by atoms with E-state index in [9.17, 15) is 9.90 Å². The fraction of sp³-hybridized carbons (Fsp3) is 0.923.